The molecule has 0 aromatic carbocycles. The Labute approximate surface area is 90.2 Å². The molecule has 2 rings (SSSR count). The standard InChI is InChI=1S/C11H17ClN2/c1-2-8-3-6-10(14-7-8)11(12,13)9-4-5-9/h3,7,9-10H,2,4-6,13H2,1H3. The highest BCUT2D eigenvalue weighted by Gasteiger charge is 2.46. The van der Waals surface area contributed by atoms with E-state index in [0.29, 0.717) is 5.92 Å². The van der Waals surface area contributed by atoms with E-state index in [1.807, 2.05) is 6.21 Å². The van der Waals surface area contributed by atoms with E-state index in [1.54, 1.807) is 0 Å². The van der Waals surface area contributed by atoms with Gasteiger partial charge < -0.3 is 5.73 Å². The molecule has 2 N–H and O–H groups in total. The minimum absolute atomic E-state index is 0.0759. The number of aliphatic imine (C=N–C) groups is 1. The third-order valence-corrected chi connectivity index (χ3v) is 3.71. The summed E-state index contributed by atoms with van der Waals surface area (Å²) in [6.07, 6.45) is 8.41. The molecule has 1 fully saturated rings. The predicted octanol–water partition coefficient (Wildman–Crippen LogP) is 2.47. The Hall–Kier alpha value is -0.340. The van der Waals surface area contributed by atoms with Gasteiger partial charge in [-0.3, -0.25) is 4.99 Å². The van der Waals surface area contributed by atoms with Gasteiger partial charge in [-0.25, -0.2) is 0 Å². The van der Waals surface area contributed by atoms with Gasteiger partial charge in [-0.1, -0.05) is 24.6 Å². The van der Waals surface area contributed by atoms with Gasteiger partial charge in [0.2, 0.25) is 0 Å². The predicted molar refractivity (Wildman–Crippen MR) is 60.8 cm³/mol. The number of hydrogen-bond acceptors (Lipinski definition) is 2. The Balaban J connectivity index is 2.02. The normalized spacial score (nSPS) is 31.1. The fraction of sp³-hybridized carbons (Fsp3) is 0.727. The van der Waals surface area contributed by atoms with Crippen LogP contribution in [0.25, 0.3) is 0 Å². The molecule has 2 unspecified atom stereocenters. The molecule has 0 aromatic heterocycles. The second-order valence-corrected chi connectivity index (χ2v) is 4.92. The van der Waals surface area contributed by atoms with E-state index < -0.39 is 5.00 Å². The molecule has 2 nitrogen and oxygen atoms in total. The number of alkyl halides is 1. The molecule has 1 saturated carbocycles. The van der Waals surface area contributed by atoms with Crippen molar-refractivity contribution in [2.24, 2.45) is 16.6 Å². The van der Waals surface area contributed by atoms with Gasteiger partial charge in [-0.05, 0) is 37.2 Å². The van der Waals surface area contributed by atoms with Crippen molar-refractivity contribution in [3.63, 3.8) is 0 Å². The third kappa shape index (κ3) is 1.86. The first-order valence-corrected chi connectivity index (χ1v) is 5.72. The van der Waals surface area contributed by atoms with E-state index in [-0.39, 0.29) is 6.04 Å². The van der Waals surface area contributed by atoms with Crippen molar-refractivity contribution >= 4 is 17.8 Å². The van der Waals surface area contributed by atoms with Crippen LogP contribution >= 0.6 is 11.6 Å². The van der Waals surface area contributed by atoms with Gasteiger partial charge in [0.1, 0.15) is 5.00 Å². The van der Waals surface area contributed by atoms with Gasteiger partial charge in [0, 0.05) is 6.21 Å². The second kappa shape index (κ2) is 3.67. The van der Waals surface area contributed by atoms with Crippen LogP contribution in [0.2, 0.25) is 0 Å². The molecule has 0 amide bonds. The summed E-state index contributed by atoms with van der Waals surface area (Å²) < 4.78 is 0. The fourth-order valence-corrected chi connectivity index (χ4v) is 2.25. The first kappa shape index (κ1) is 10.2. The van der Waals surface area contributed by atoms with Crippen LogP contribution in [0.15, 0.2) is 16.6 Å². The SMILES string of the molecule is CCC1=CCC(C(N)(Cl)C2CC2)N=C1. The zero-order valence-electron chi connectivity index (χ0n) is 8.54. The summed E-state index contributed by atoms with van der Waals surface area (Å²) in [7, 11) is 0. The second-order valence-electron chi connectivity index (χ2n) is 4.26. The number of nitrogens with zero attached hydrogens (tertiary/aromatic N) is 1. The van der Waals surface area contributed by atoms with Crippen molar-refractivity contribution in [2.75, 3.05) is 0 Å². The Bertz CT molecular complexity index is 277. The van der Waals surface area contributed by atoms with Crippen molar-refractivity contribution in [3.05, 3.63) is 11.6 Å². The van der Waals surface area contributed by atoms with Crippen molar-refractivity contribution in [2.45, 2.75) is 43.6 Å². The molecular weight excluding hydrogens is 196 g/mol. The zero-order valence-corrected chi connectivity index (χ0v) is 9.30. The van der Waals surface area contributed by atoms with Crippen molar-refractivity contribution in [1.29, 1.82) is 0 Å². The van der Waals surface area contributed by atoms with Crippen LogP contribution < -0.4 is 5.73 Å². The lowest BCUT2D eigenvalue weighted by Crippen LogP contribution is -2.47. The van der Waals surface area contributed by atoms with Crippen LogP contribution in [0.4, 0.5) is 0 Å². The van der Waals surface area contributed by atoms with E-state index in [9.17, 15) is 0 Å². The third-order valence-electron chi connectivity index (χ3n) is 3.15. The fourth-order valence-electron chi connectivity index (χ4n) is 1.89. The van der Waals surface area contributed by atoms with Gasteiger partial charge in [0.15, 0.2) is 0 Å². The summed E-state index contributed by atoms with van der Waals surface area (Å²) in [5.74, 6) is 0.475. The summed E-state index contributed by atoms with van der Waals surface area (Å²) in [5.41, 5.74) is 7.40. The highest BCUT2D eigenvalue weighted by Crippen LogP contribution is 2.44. The highest BCUT2D eigenvalue weighted by atomic mass is 35.5. The Morgan fingerprint density at radius 1 is 1.64 bits per heavy atom. The molecule has 0 saturated heterocycles. The molecule has 1 aliphatic carbocycles. The first-order chi connectivity index (χ1) is 6.64. The molecule has 1 heterocycles. The smallest absolute Gasteiger partial charge is 0.117 e. The first-order valence-electron chi connectivity index (χ1n) is 5.34. The van der Waals surface area contributed by atoms with E-state index in [4.69, 9.17) is 17.3 Å². The number of allylic oxidation sites excluding steroid dienone is 1. The highest BCUT2D eigenvalue weighted by molar-refractivity contribution is 6.24. The molecule has 0 spiro atoms. The molecule has 14 heavy (non-hydrogen) atoms. The summed E-state index contributed by atoms with van der Waals surface area (Å²) in [4.78, 5) is 3.86. The maximum absolute atomic E-state index is 6.34. The number of dihydropyridines is 1. The lowest BCUT2D eigenvalue weighted by molar-refractivity contribution is 0.426. The quantitative estimate of drug-likeness (QED) is 0.567. The van der Waals surface area contributed by atoms with Crippen LogP contribution in [0.5, 0.6) is 0 Å². The van der Waals surface area contributed by atoms with Crippen molar-refractivity contribution < 1.29 is 0 Å². The lowest BCUT2D eigenvalue weighted by Gasteiger charge is -2.30. The minimum Gasteiger partial charge on any atom is -0.311 e. The van der Waals surface area contributed by atoms with Gasteiger partial charge in [0.25, 0.3) is 0 Å². The molecule has 0 aromatic rings. The topological polar surface area (TPSA) is 38.4 Å². The average Bonchev–Trinajstić information content (AvgIpc) is 3.01. The molecule has 2 aliphatic rings. The summed E-state index contributed by atoms with van der Waals surface area (Å²) in [6.45, 7) is 2.13. The van der Waals surface area contributed by atoms with Gasteiger partial charge in [0.05, 0.1) is 6.04 Å². The Kier molecular flexibility index (Phi) is 2.67. The maximum Gasteiger partial charge on any atom is 0.117 e. The number of halogens is 1. The molecule has 3 heteroatoms. The summed E-state index contributed by atoms with van der Waals surface area (Å²) in [5, 5.41) is 0. The van der Waals surface area contributed by atoms with E-state index >= 15 is 0 Å². The molecule has 2 atom stereocenters. The Morgan fingerprint density at radius 2 is 2.36 bits per heavy atom. The largest absolute Gasteiger partial charge is 0.311 e. The van der Waals surface area contributed by atoms with Gasteiger partial charge in [-0.2, -0.15) is 0 Å². The monoisotopic (exact) mass is 212 g/mol. The van der Waals surface area contributed by atoms with Crippen molar-refractivity contribution in [3.8, 4) is 0 Å². The van der Waals surface area contributed by atoms with Crippen LogP contribution in [0, 0.1) is 5.92 Å². The molecule has 0 bridgehead atoms. The molecule has 1 aliphatic heterocycles. The molecule has 78 valence electrons. The molecular formula is C11H17ClN2. The van der Waals surface area contributed by atoms with Crippen LogP contribution in [-0.2, 0) is 0 Å². The van der Waals surface area contributed by atoms with Gasteiger partial charge in [-0.15, -0.1) is 0 Å². The van der Waals surface area contributed by atoms with E-state index in [0.717, 1.165) is 25.7 Å². The number of hydrogen-bond donors (Lipinski definition) is 1. The van der Waals surface area contributed by atoms with E-state index in [2.05, 4.69) is 18.0 Å². The van der Waals surface area contributed by atoms with Crippen LogP contribution in [0.1, 0.15) is 32.6 Å². The van der Waals surface area contributed by atoms with Crippen molar-refractivity contribution in [1.82, 2.24) is 0 Å². The average molecular weight is 213 g/mol. The van der Waals surface area contributed by atoms with Crippen LogP contribution in [0.3, 0.4) is 0 Å². The Morgan fingerprint density at radius 3 is 2.79 bits per heavy atom. The number of nitrogens with two attached hydrogens (primary N) is 1. The molecule has 0 radical (unpaired) electrons. The maximum atomic E-state index is 6.34. The zero-order chi connectivity index (χ0) is 10.2. The van der Waals surface area contributed by atoms with E-state index in [1.165, 1.54) is 5.57 Å². The lowest BCUT2D eigenvalue weighted by atomic mass is 9.97. The summed E-state index contributed by atoms with van der Waals surface area (Å²) in [6, 6.07) is 0.0759. The minimum atomic E-state index is -0.605. The van der Waals surface area contributed by atoms with Crippen LogP contribution in [-0.4, -0.2) is 17.3 Å². The summed E-state index contributed by atoms with van der Waals surface area (Å²) >= 11 is 6.34. The van der Waals surface area contributed by atoms with Gasteiger partial charge >= 0.3 is 0 Å². The number of rotatable bonds is 3.